The number of aliphatic hydroxyl groups is 1. The van der Waals surface area contributed by atoms with Crippen molar-refractivity contribution in [1.29, 1.82) is 0 Å². The first-order valence-electron chi connectivity index (χ1n) is 6.59. The molecule has 2 nitrogen and oxygen atoms in total. The fourth-order valence-electron chi connectivity index (χ4n) is 2.03. The normalized spacial score (nSPS) is 10.7. The maximum atomic E-state index is 13.5. The van der Waals surface area contributed by atoms with Crippen LogP contribution in [-0.4, -0.2) is 30.2 Å². The summed E-state index contributed by atoms with van der Waals surface area (Å²) in [6.07, 6.45) is 0.416. The molecule has 0 atom stereocenters. The van der Waals surface area contributed by atoms with Gasteiger partial charge in [0, 0.05) is 25.1 Å². The molecule has 0 aliphatic carbocycles. The molecule has 0 unspecified atom stereocenters. The fourth-order valence-corrected chi connectivity index (χ4v) is 2.03. The van der Waals surface area contributed by atoms with Crippen LogP contribution in [0.25, 0.3) is 0 Å². The van der Waals surface area contributed by atoms with E-state index in [4.69, 9.17) is 5.11 Å². The van der Waals surface area contributed by atoms with E-state index in [1.54, 1.807) is 6.07 Å². The van der Waals surface area contributed by atoms with Gasteiger partial charge in [0.25, 0.3) is 0 Å². The molecule has 1 aromatic rings. The molecular weight excluding hydrogens is 241 g/mol. The van der Waals surface area contributed by atoms with Crippen molar-refractivity contribution in [2.75, 3.05) is 20.2 Å². The summed E-state index contributed by atoms with van der Waals surface area (Å²) in [5.74, 6) is 6.01. The highest BCUT2D eigenvalue weighted by Gasteiger charge is 2.05. The van der Waals surface area contributed by atoms with E-state index in [1.165, 1.54) is 6.07 Å². The van der Waals surface area contributed by atoms with Gasteiger partial charge in [-0.2, -0.15) is 0 Å². The number of benzene rings is 1. The standard InChI is InChI=1S/C16H22FNO/c1-13(2)11-18(3)12-15-8-14(6-4-5-7-19)9-16(17)10-15/h8-10,13,19H,5,7,11-12H2,1-3H3. The van der Waals surface area contributed by atoms with Gasteiger partial charge in [0.1, 0.15) is 5.82 Å². The van der Waals surface area contributed by atoms with Crippen LogP contribution in [0.4, 0.5) is 4.39 Å². The maximum Gasteiger partial charge on any atom is 0.124 e. The van der Waals surface area contributed by atoms with Gasteiger partial charge >= 0.3 is 0 Å². The quantitative estimate of drug-likeness (QED) is 0.826. The summed E-state index contributed by atoms with van der Waals surface area (Å²) in [6.45, 7) is 6.04. The van der Waals surface area contributed by atoms with Gasteiger partial charge in [-0.1, -0.05) is 25.7 Å². The van der Waals surface area contributed by atoms with Crippen molar-refractivity contribution in [1.82, 2.24) is 4.90 Å². The Morgan fingerprint density at radius 2 is 2.05 bits per heavy atom. The van der Waals surface area contributed by atoms with Crippen molar-refractivity contribution in [2.45, 2.75) is 26.8 Å². The van der Waals surface area contributed by atoms with Gasteiger partial charge < -0.3 is 10.0 Å². The minimum Gasteiger partial charge on any atom is -0.395 e. The lowest BCUT2D eigenvalue weighted by molar-refractivity contribution is 0.288. The summed E-state index contributed by atoms with van der Waals surface area (Å²) in [5, 5.41) is 8.67. The van der Waals surface area contributed by atoms with Crippen LogP contribution in [0, 0.1) is 23.6 Å². The number of halogens is 1. The molecular formula is C16H22FNO. The van der Waals surface area contributed by atoms with E-state index >= 15 is 0 Å². The zero-order chi connectivity index (χ0) is 14.3. The lowest BCUT2D eigenvalue weighted by Gasteiger charge is -2.19. The highest BCUT2D eigenvalue weighted by molar-refractivity contribution is 5.37. The number of aliphatic hydroxyl groups excluding tert-OH is 1. The smallest absolute Gasteiger partial charge is 0.124 e. The molecule has 0 amide bonds. The van der Waals surface area contributed by atoms with Crippen LogP contribution in [0.3, 0.4) is 0 Å². The van der Waals surface area contributed by atoms with Crippen molar-refractivity contribution in [3.05, 3.63) is 35.1 Å². The Balaban J connectivity index is 2.77. The molecule has 104 valence electrons. The Bertz CT molecular complexity index is 460. The predicted octanol–water partition coefficient (Wildman–Crippen LogP) is 2.65. The van der Waals surface area contributed by atoms with Gasteiger partial charge in [0.15, 0.2) is 0 Å². The lowest BCUT2D eigenvalue weighted by atomic mass is 10.1. The van der Waals surface area contributed by atoms with Crippen LogP contribution >= 0.6 is 0 Å². The van der Waals surface area contributed by atoms with Crippen LogP contribution in [0.1, 0.15) is 31.4 Å². The first kappa shape index (κ1) is 15.7. The maximum absolute atomic E-state index is 13.5. The summed E-state index contributed by atoms with van der Waals surface area (Å²) in [5.41, 5.74) is 1.60. The average Bonchev–Trinajstić information content (AvgIpc) is 2.27. The zero-order valence-electron chi connectivity index (χ0n) is 11.9. The first-order chi connectivity index (χ1) is 9.01. The minimum atomic E-state index is -0.260. The summed E-state index contributed by atoms with van der Waals surface area (Å²) in [4.78, 5) is 2.17. The van der Waals surface area contributed by atoms with Gasteiger partial charge in [-0.3, -0.25) is 0 Å². The van der Waals surface area contributed by atoms with E-state index < -0.39 is 0 Å². The van der Waals surface area contributed by atoms with Gasteiger partial charge in [-0.25, -0.2) is 4.39 Å². The first-order valence-corrected chi connectivity index (χ1v) is 6.59. The van der Waals surface area contributed by atoms with Gasteiger partial charge in [0.2, 0.25) is 0 Å². The van der Waals surface area contributed by atoms with E-state index in [9.17, 15) is 4.39 Å². The molecule has 0 fully saturated rings. The minimum absolute atomic E-state index is 0.0340. The highest BCUT2D eigenvalue weighted by Crippen LogP contribution is 2.11. The van der Waals surface area contributed by atoms with Gasteiger partial charge in [0.05, 0.1) is 6.61 Å². The van der Waals surface area contributed by atoms with Crippen LogP contribution in [-0.2, 0) is 6.54 Å². The van der Waals surface area contributed by atoms with E-state index in [0.717, 1.165) is 12.1 Å². The van der Waals surface area contributed by atoms with Crippen LogP contribution in [0.5, 0.6) is 0 Å². The number of rotatable bonds is 5. The Morgan fingerprint density at radius 3 is 2.68 bits per heavy atom. The van der Waals surface area contributed by atoms with Crippen molar-refractivity contribution >= 4 is 0 Å². The molecule has 0 aromatic heterocycles. The average molecular weight is 263 g/mol. The Hall–Kier alpha value is -1.37. The lowest BCUT2D eigenvalue weighted by Crippen LogP contribution is -2.22. The predicted molar refractivity (Wildman–Crippen MR) is 76.2 cm³/mol. The zero-order valence-corrected chi connectivity index (χ0v) is 11.9. The topological polar surface area (TPSA) is 23.5 Å². The fraction of sp³-hybridized carbons (Fsp3) is 0.500. The SMILES string of the molecule is CC(C)CN(C)Cc1cc(F)cc(C#CCCO)c1. The molecule has 1 aromatic carbocycles. The monoisotopic (exact) mass is 263 g/mol. The molecule has 3 heteroatoms. The molecule has 1 N–H and O–H groups in total. The van der Waals surface area contributed by atoms with Crippen LogP contribution in [0.2, 0.25) is 0 Å². The van der Waals surface area contributed by atoms with E-state index in [1.807, 2.05) is 13.1 Å². The van der Waals surface area contributed by atoms with E-state index in [-0.39, 0.29) is 12.4 Å². The molecule has 1 rings (SSSR count). The molecule has 0 saturated heterocycles. The van der Waals surface area contributed by atoms with Gasteiger partial charge in [-0.05, 0) is 36.7 Å². The van der Waals surface area contributed by atoms with Crippen LogP contribution < -0.4 is 0 Å². The third kappa shape index (κ3) is 6.37. The van der Waals surface area contributed by atoms with E-state index in [2.05, 4.69) is 30.6 Å². The molecule has 0 aliphatic rings. The summed E-state index contributed by atoms with van der Waals surface area (Å²) >= 11 is 0. The molecule has 0 radical (unpaired) electrons. The number of hydrogen-bond acceptors (Lipinski definition) is 2. The number of nitrogens with zero attached hydrogens (tertiary/aromatic N) is 1. The van der Waals surface area contributed by atoms with Crippen molar-refractivity contribution < 1.29 is 9.50 Å². The summed E-state index contributed by atoms with van der Waals surface area (Å²) in [7, 11) is 2.03. The molecule has 0 aliphatic heterocycles. The summed E-state index contributed by atoms with van der Waals surface area (Å²) in [6, 6.07) is 4.88. The van der Waals surface area contributed by atoms with E-state index in [0.29, 0.717) is 24.4 Å². The second kappa shape index (κ2) is 7.93. The third-order valence-corrected chi connectivity index (χ3v) is 2.56. The molecule has 19 heavy (non-hydrogen) atoms. The Kier molecular flexibility index (Phi) is 6.55. The Morgan fingerprint density at radius 1 is 1.32 bits per heavy atom. The van der Waals surface area contributed by atoms with Crippen molar-refractivity contribution in [2.24, 2.45) is 5.92 Å². The van der Waals surface area contributed by atoms with Gasteiger partial charge in [-0.15, -0.1) is 0 Å². The molecule has 0 saturated carbocycles. The third-order valence-electron chi connectivity index (χ3n) is 2.56. The van der Waals surface area contributed by atoms with Crippen molar-refractivity contribution in [3.63, 3.8) is 0 Å². The highest BCUT2D eigenvalue weighted by atomic mass is 19.1. The second-order valence-electron chi connectivity index (χ2n) is 5.21. The second-order valence-corrected chi connectivity index (χ2v) is 5.21. The number of hydrogen-bond donors (Lipinski definition) is 1. The molecule has 0 spiro atoms. The summed E-state index contributed by atoms with van der Waals surface area (Å²) < 4.78 is 13.5. The largest absolute Gasteiger partial charge is 0.395 e. The van der Waals surface area contributed by atoms with Crippen LogP contribution in [0.15, 0.2) is 18.2 Å². The molecule has 0 bridgehead atoms. The Labute approximate surface area is 115 Å². The molecule has 0 heterocycles. The van der Waals surface area contributed by atoms with Crippen molar-refractivity contribution in [3.8, 4) is 11.8 Å².